The van der Waals surface area contributed by atoms with Crippen LogP contribution in [0.1, 0.15) is 16.7 Å². The van der Waals surface area contributed by atoms with E-state index in [2.05, 4.69) is 60.4 Å². The molecular weight excluding hydrogens is 648 g/mol. The van der Waals surface area contributed by atoms with Gasteiger partial charge in [0, 0.05) is 26.3 Å². The molecule has 6 rings (SSSR count). The van der Waals surface area contributed by atoms with Crippen molar-refractivity contribution in [1.82, 2.24) is 4.98 Å². The van der Waals surface area contributed by atoms with Crippen LogP contribution in [-0.2, 0) is 26.3 Å². The minimum atomic E-state index is -4.35. The van der Waals surface area contributed by atoms with E-state index >= 15 is 0 Å². The fourth-order valence-corrected chi connectivity index (χ4v) is 5.01. The van der Waals surface area contributed by atoms with Gasteiger partial charge in [-0.15, -0.1) is 34.9 Å². The Balaban J connectivity index is 0.00000280. The number of alkyl halides is 3. The molecule has 0 unspecified atom stereocenters. The second-order valence-corrected chi connectivity index (χ2v) is 9.29. The first-order valence-electron chi connectivity index (χ1n) is 11.7. The number of rotatable bonds is 2. The molecule has 0 spiro atoms. The Kier molecular flexibility index (Phi) is 6.39. The first-order valence-corrected chi connectivity index (χ1v) is 11.7. The summed E-state index contributed by atoms with van der Waals surface area (Å²) in [7, 11) is 0. The van der Waals surface area contributed by atoms with E-state index < -0.39 is 11.7 Å². The van der Waals surface area contributed by atoms with Crippen LogP contribution in [0.2, 0.25) is 0 Å². The van der Waals surface area contributed by atoms with Gasteiger partial charge in [-0.05, 0) is 79.5 Å². The largest absolute Gasteiger partial charge is 0.416 e. The van der Waals surface area contributed by atoms with Crippen molar-refractivity contribution in [3.8, 4) is 22.4 Å². The van der Waals surface area contributed by atoms with Gasteiger partial charge in [0.05, 0.1) is 5.56 Å². The summed E-state index contributed by atoms with van der Waals surface area (Å²) < 4.78 is 39.2. The summed E-state index contributed by atoms with van der Waals surface area (Å²) in [6.07, 6.45) is -2.51. The zero-order valence-electron chi connectivity index (χ0n) is 20.1. The van der Waals surface area contributed by atoms with Gasteiger partial charge in [0.25, 0.3) is 0 Å². The Labute approximate surface area is 226 Å². The summed E-state index contributed by atoms with van der Waals surface area (Å²) in [5.74, 6) is 0. The summed E-state index contributed by atoms with van der Waals surface area (Å²) in [6.45, 7) is 4.12. The molecule has 0 aliphatic heterocycles. The number of halogens is 3. The van der Waals surface area contributed by atoms with Gasteiger partial charge in [0.1, 0.15) is 0 Å². The molecule has 185 valence electrons. The number of hydrogen-bond donors (Lipinski definition) is 0. The normalized spacial score (nSPS) is 11.7. The van der Waals surface area contributed by atoms with Crippen LogP contribution in [-0.4, -0.2) is 4.98 Å². The number of benzene rings is 5. The van der Waals surface area contributed by atoms with Crippen LogP contribution in [0.25, 0.3) is 54.7 Å². The third-order valence-corrected chi connectivity index (χ3v) is 6.67. The molecule has 0 amide bonds. The molecule has 1 aromatic heterocycles. The number of aromatic nitrogens is 1. The van der Waals surface area contributed by atoms with Crippen LogP contribution in [0.5, 0.6) is 0 Å². The maximum atomic E-state index is 13.1. The molecule has 37 heavy (non-hydrogen) atoms. The molecule has 0 N–H and O–H groups in total. The van der Waals surface area contributed by atoms with Crippen molar-refractivity contribution in [2.24, 2.45) is 0 Å². The first kappa shape index (κ1) is 25.1. The van der Waals surface area contributed by atoms with E-state index in [9.17, 15) is 13.2 Å². The van der Waals surface area contributed by atoms with Crippen LogP contribution >= 0.6 is 0 Å². The average Bonchev–Trinajstić information content (AvgIpc) is 2.86. The average molecular weight is 669 g/mol. The zero-order valence-corrected chi connectivity index (χ0v) is 22.5. The summed E-state index contributed by atoms with van der Waals surface area (Å²) in [5.41, 5.74) is 5.50. The van der Waals surface area contributed by atoms with Gasteiger partial charge in [-0.2, -0.15) is 13.2 Å². The molecular formula is C32H21F3IrN-. The Bertz CT molecular complexity index is 1780. The Hall–Kier alpha value is -3.53. The Morgan fingerprint density at radius 1 is 0.649 bits per heavy atom. The van der Waals surface area contributed by atoms with Gasteiger partial charge >= 0.3 is 6.18 Å². The molecule has 0 aliphatic rings. The predicted molar refractivity (Wildman–Crippen MR) is 141 cm³/mol. The molecule has 6 aromatic rings. The third-order valence-electron chi connectivity index (χ3n) is 6.67. The van der Waals surface area contributed by atoms with Gasteiger partial charge < -0.3 is 4.98 Å². The van der Waals surface area contributed by atoms with Crippen molar-refractivity contribution in [2.75, 3.05) is 0 Å². The molecule has 5 heteroatoms. The zero-order chi connectivity index (χ0) is 25.0. The number of nitrogens with zero attached hydrogens (tertiary/aromatic N) is 1. The molecule has 0 atom stereocenters. The molecule has 0 aliphatic carbocycles. The Morgan fingerprint density at radius 2 is 1.30 bits per heavy atom. The fraction of sp³-hybridized carbons (Fsp3) is 0.0938. The fourth-order valence-electron chi connectivity index (χ4n) is 5.01. The summed E-state index contributed by atoms with van der Waals surface area (Å²) >= 11 is 0. The van der Waals surface area contributed by atoms with Crippen LogP contribution in [0.3, 0.4) is 0 Å². The third kappa shape index (κ3) is 4.66. The molecule has 1 nitrogen and oxygen atoms in total. The molecule has 0 fully saturated rings. The SMILES string of the molecule is Cc1[c-]c(-c2nccc3c2ccc2cc(-c4ccc5cc(C(F)(F)F)ccc5c4)ccc23)cc(C)c1.[Ir]. The smallest absolute Gasteiger partial charge is 0.304 e. The van der Waals surface area contributed by atoms with Crippen LogP contribution < -0.4 is 0 Å². The van der Waals surface area contributed by atoms with E-state index in [1.165, 1.54) is 17.7 Å². The minimum absolute atomic E-state index is 0. The maximum absolute atomic E-state index is 13.1. The van der Waals surface area contributed by atoms with Crippen molar-refractivity contribution >= 4 is 32.3 Å². The summed E-state index contributed by atoms with van der Waals surface area (Å²) in [4.78, 5) is 4.68. The van der Waals surface area contributed by atoms with Crippen LogP contribution in [0.4, 0.5) is 13.2 Å². The van der Waals surface area contributed by atoms with Crippen molar-refractivity contribution in [1.29, 1.82) is 0 Å². The molecule has 0 bridgehead atoms. The van der Waals surface area contributed by atoms with E-state index in [0.29, 0.717) is 5.39 Å². The topological polar surface area (TPSA) is 12.9 Å². The van der Waals surface area contributed by atoms with Gasteiger partial charge in [0.15, 0.2) is 0 Å². The van der Waals surface area contributed by atoms with Gasteiger partial charge in [0.2, 0.25) is 0 Å². The molecule has 1 heterocycles. The predicted octanol–water partition coefficient (Wildman–Crippen LogP) is 9.31. The van der Waals surface area contributed by atoms with Crippen molar-refractivity contribution < 1.29 is 33.3 Å². The minimum Gasteiger partial charge on any atom is -0.304 e. The number of pyridine rings is 1. The maximum Gasteiger partial charge on any atom is 0.416 e. The van der Waals surface area contributed by atoms with Gasteiger partial charge in [-0.3, -0.25) is 0 Å². The second kappa shape index (κ2) is 9.41. The number of aryl methyl sites for hydroxylation is 2. The van der Waals surface area contributed by atoms with Crippen molar-refractivity contribution in [3.63, 3.8) is 0 Å². The molecule has 0 saturated heterocycles. The summed E-state index contributed by atoms with van der Waals surface area (Å²) in [6, 6.07) is 29.6. The number of fused-ring (bicyclic) bond motifs is 4. The monoisotopic (exact) mass is 669 g/mol. The second-order valence-electron chi connectivity index (χ2n) is 9.29. The number of hydrogen-bond acceptors (Lipinski definition) is 1. The van der Waals surface area contributed by atoms with Gasteiger partial charge in [-0.1, -0.05) is 56.3 Å². The van der Waals surface area contributed by atoms with E-state index in [-0.39, 0.29) is 20.1 Å². The van der Waals surface area contributed by atoms with Crippen LogP contribution in [0, 0.1) is 19.9 Å². The Morgan fingerprint density at radius 3 is 2.05 bits per heavy atom. The van der Waals surface area contributed by atoms with Crippen LogP contribution in [0.15, 0.2) is 91.1 Å². The molecule has 1 radical (unpaired) electrons. The summed E-state index contributed by atoms with van der Waals surface area (Å²) in [5, 5.41) is 5.76. The van der Waals surface area contributed by atoms with E-state index in [1.807, 2.05) is 31.3 Å². The van der Waals surface area contributed by atoms with E-state index in [0.717, 1.165) is 60.9 Å². The van der Waals surface area contributed by atoms with E-state index in [4.69, 9.17) is 0 Å². The van der Waals surface area contributed by atoms with Crippen molar-refractivity contribution in [2.45, 2.75) is 20.0 Å². The quantitative estimate of drug-likeness (QED) is 0.132. The van der Waals surface area contributed by atoms with E-state index in [1.54, 1.807) is 6.07 Å². The molecule has 0 saturated carbocycles. The standard InChI is InChI=1S/C32H21F3N.Ir/c1-19-13-20(2)15-26(14-19)31-30-10-7-25-17-23(6-9-28(25)29(30)11-12-36-31)21-3-4-24-18-27(32(33,34)35)8-5-22(24)16-21;/h3-14,16-18H,1-2H3;/q-1;. The van der Waals surface area contributed by atoms with Crippen molar-refractivity contribution in [3.05, 3.63) is 114 Å². The van der Waals surface area contributed by atoms with Gasteiger partial charge in [-0.25, -0.2) is 0 Å². The first-order chi connectivity index (χ1) is 17.3. The molecule has 5 aromatic carbocycles.